The zero-order chi connectivity index (χ0) is 57.4. The molecular formula is C80H44N4OS2. The molecule has 7 heteroatoms. The zero-order valence-corrected chi connectivity index (χ0v) is 48.1. The number of benzene rings is 13. The zero-order valence-electron chi connectivity index (χ0n) is 46.4. The highest BCUT2D eigenvalue weighted by molar-refractivity contribution is 7.27. The van der Waals surface area contributed by atoms with E-state index in [0.29, 0.717) is 28.1 Å². The predicted octanol–water partition coefficient (Wildman–Crippen LogP) is 22.6. The van der Waals surface area contributed by atoms with Gasteiger partial charge in [-0.25, -0.2) is 0 Å². The summed E-state index contributed by atoms with van der Waals surface area (Å²) in [5.74, 6) is 0. The molecule has 0 radical (unpaired) electrons. The van der Waals surface area contributed by atoms with Crippen molar-refractivity contribution in [2.45, 2.75) is 0 Å². The number of nitrogens with zero attached hydrogens (tertiary/aromatic N) is 4. The number of rotatable bonds is 7. The molecule has 0 atom stereocenters. The van der Waals surface area contributed by atoms with Crippen LogP contribution in [0.5, 0.6) is 0 Å². The summed E-state index contributed by atoms with van der Waals surface area (Å²) in [7, 11) is 0. The quantitative estimate of drug-likeness (QED) is 0.160. The number of para-hydroxylation sites is 3. The Hall–Kier alpha value is -11.3. The van der Waals surface area contributed by atoms with Crippen molar-refractivity contribution in [1.29, 1.82) is 10.5 Å². The maximum absolute atomic E-state index is 12.5. The van der Waals surface area contributed by atoms with Crippen LogP contribution >= 0.6 is 22.7 Å². The molecule has 0 N–H and O–H groups in total. The molecule has 13 aromatic carbocycles. The number of nitriles is 2. The smallest absolute Gasteiger partial charge is 0.143 e. The van der Waals surface area contributed by atoms with Gasteiger partial charge in [-0.3, -0.25) is 0 Å². The fourth-order valence-corrected chi connectivity index (χ4v) is 16.7. The van der Waals surface area contributed by atoms with Gasteiger partial charge >= 0.3 is 0 Å². The number of hydrogen-bond donors (Lipinski definition) is 0. The Labute approximate surface area is 506 Å². The molecule has 0 saturated heterocycles. The average molecular weight is 1140 g/mol. The van der Waals surface area contributed by atoms with Crippen molar-refractivity contribution in [2.24, 2.45) is 0 Å². The van der Waals surface area contributed by atoms with Gasteiger partial charge in [0.1, 0.15) is 23.3 Å². The minimum Gasteiger partial charge on any atom is -0.455 e. The molecule has 0 aliphatic rings. The molecule has 0 aliphatic heterocycles. The van der Waals surface area contributed by atoms with Crippen molar-refractivity contribution >= 4 is 129 Å². The van der Waals surface area contributed by atoms with Crippen LogP contribution in [0.1, 0.15) is 11.1 Å². The summed E-state index contributed by atoms with van der Waals surface area (Å²) in [4.78, 5) is 0. The van der Waals surface area contributed by atoms with E-state index in [9.17, 15) is 10.5 Å². The molecule has 18 rings (SSSR count). The third kappa shape index (κ3) is 7.10. The molecular weight excluding hydrogens is 1100 g/mol. The molecule has 402 valence electrons. The highest BCUT2D eigenvalue weighted by Crippen LogP contribution is 2.54. The summed E-state index contributed by atoms with van der Waals surface area (Å²) in [5.41, 5.74) is 17.4. The topological polar surface area (TPSA) is 70.6 Å². The minimum absolute atomic E-state index is 0.402. The van der Waals surface area contributed by atoms with Gasteiger partial charge in [-0.05, 0) is 75.3 Å². The van der Waals surface area contributed by atoms with Gasteiger partial charge in [0.25, 0.3) is 0 Å². The Balaban J connectivity index is 1.05. The van der Waals surface area contributed by atoms with Gasteiger partial charge in [-0.15, -0.1) is 22.7 Å². The van der Waals surface area contributed by atoms with Crippen LogP contribution < -0.4 is 0 Å². The summed E-state index contributed by atoms with van der Waals surface area (Å²) in [6, 6.07) is 100. The first-order valence-corrected chi connectivity index (χ1v) is 30.7. The lowest BCUT2D eigenvalue weighted by Gasteiger charge is -2.25. The van der Waals surface area contributed by atoms with Gasteiger partial charge in [-0.1, -0.05) is 231 Å². The first kappa shape index (κ1) is 49.1. The van der Waals surface area contributed by atoms with Gasteiger partial charge in [0, 0.05) is 80.0 Å². The Morgan fingerprint density at radius 3 is 1.37 bits per heavy atom. The lowest BCUT2D eigenvalue weighted by atomic mass is 9.86. The van der Waals surface area contributed by atoms with E-state index in [2.05, 4.69) is 240 Å². The van der Waals surface area contributed by atoms with Crippen LogP contribution in [0, 0.1) is 22.7 Å². The molecule has 0 aliphatic carbocycles. The number of fused-ring (bicyclic) bond motifs is 17. The summed E-state index contributed by atoms with van der Waals surface area (Å²) < 4.78 is 16.0. The Bertz CT molecular complexity index is 5840. The van der Waals surface area contributed by atoms with Gasteiger partial charge in [0.2, 0.25) is 0 Å². The van der Waals surface area contributed by atoms with Crippen LogP contribution in [0.15, 0.2) is 271 Å². The van der Waals surface area contributed by atoms with Crippen LogP contribution in [0.2, 0.25) is 0 Å². The SMILES string of the molecule is N#Cc1c(-c2ccccc2)c(C#N)c(-n2c3c(ccc4c3sc3cccc(-c5ccccc5)c34)c3ccc4c(sc5cccc(-c6ccccc6)c54)c32)c(-c2ccccc2)c1-n1c2ccccc2c2cc(-c3cccc4c3oc3ccccc34)ccc21. The Morgan fingerprint density at radius 1 is 0.322 bits per heavy atom. The van der Waals surface area contributed by atoms with Crippen LogP contribution in [0.3, 0.4) is 0 Å². The van der Waals surface area contributed by atoms with Crippen molar-refractivity contribution in [3.8, 4) is 79.1 Å². The van der Waals surface area contributed by atoms with Crippen LogP contribution in [-0.2, 0) is 0 Å². The van der Waals surface area contributed by atoms with Crippen molar-refractivity contribution in [3.63, 3.8) is 0 Å². The average Bonchev–Trinajstić information content (AvgIpc) is 1.95. The van der Waals surface area contributed by atoms with Gasteiger partial charge < -0.3 is 13.6 Å². The van der Waals surface area contributed by atoms with Crippen LogP contribution in [0.4, 0.5) is 0 Å². The van der Waals surface area contributed by atoms with E-state index in [-0.39, 0.29) is 0 Å². The lowest BCUT2D eigenvalue weighted by molar-refractivity contribution is 0.670. The Kier molecular flexibility index (Phi) is 10.8. The van der Waals surface area contributed by atoms with E-state index >= 15 is 0 Å². The largest absolute Gasteiger partial charge is 0.455 e. The normalized spacial score (nSPS) is 11.9. The number of hydrogen-bond acceptors (Lipinski definition) is 5. The van der Waals surface area contributed by atoms with E-state index in [0.717, 1.165) is 125 Å². The second kappa shape index (κ2) is 19.1. The lowest BCUT2D eigenvalue weighted by Crippen LogP contribution is -2.11. The van der Waals surface area contributed by atoms with Crippen LogP contribution in [0.25, 0.3) is 173 Å². The highest BCUT2D eigenvalue weighted by atomic mass is 32.1. The molecule has 5 nitrogen and oxygen atoms in total. The Morgan fingerprint density at radius 2 is 0.782 bits per heavy atom. The molecule has 0 amide bonds. The van der Waals surface area contributed by atoms with Gasteiger partial charge in [0.15, 0.2) is 0 Å². The van der Waals surface area contributed by atoms with E-state index < -0.39 is 0 Å². The molecule has 87 heavy (non-hydrogen) atoms. The maximum atomic E-state index is 12.5. The maximum Gasteiger partial charge on any atom is 0.143 e. The summed E-state index contributed by atoms with van der Waals surface area (Å²) in [6.07, 6.45) is 0. The van der Waals surface area contributed by atoms with Crippen molar-refractivity contribution in [2.75, 3.05) is 0 Å². The summed E-state index contributed by atoms with van der Waals surface area (Å²) in [5, 5.41) is 35.8. The molecule has 0 unspecified atom stereocenters. The molecule has 0 fully saturated rings. The first-order valence-electron chi connectivity index (χ1n) is 29.1. The molecule has 0 spiro atoms. The standard InChI is InChI=1S/C80H44N4OS2/c81-45-63-70(49-24-9-3-10-25-49)64(46-82)75(71(50-26-11-4-12-27-50)74(63)83-65-34-15-13-28-55(65)62-44-51(38-43-66(62)83)54-32-17-33-59-56-29-14-16-35-67(56)85-78(54)59)84-76-57(39-41-60-72-52(47-20-5-1-6-21-47)30-18-36-68(72)86-79(60)76)58-40-42-61-73-53(48-22-7-2-8-23-48)31-19-37-69(73)87-80(61)77(58)84/h1-44H. The van der Waals surface area contributed by atoms with E-state index in [1.165, 1.54) is 31.3 Å². The molecule has 0 bridgehead atoms. The van der Waals surface area contributed by atoms with E-state index in [1.54, 1.807) is 22.7 Å². The van der Waals surface area contributed by atoms with Crippen LogP contribution in [-0.4, -0.2) is 9.13 Å². The second-order valence-electron chi connectivity index (χ2n) is 22.3. The van der Waals surface area contributed by atoms with Crippen molar-refractivity contribution in [3.05, 3.63) is 278 Å². The van der Waals surface area contributed by atoms with Crippen molar-refractivity contribution < 1.29 is 4.42 Å². The molecule has 0 saturated carbocycles. The number of furan rings is 1. The van der Waals surface area contributed by atoms with E-state index in [4.69, 9.17) is 4.42 Å². The fraction of sp³-hybridized carbons (Fsp3) is 0. The third-order valence-corrected chi connectivity index (χ3v) is 20.2. The van der Waals surface area contributed by atoms with Gasteiger partial charge in [-0.2, -0.15) is 10.5 Å². The van der Waals surface area contributed by atoms with Gasteiger partial charge in [0.05, 0.1) is 54.0 Å². The fourth-order valence-electron chi connectivity index (χ4n) is 14.2. The number of aromatic nitrogens is 2. The minimum atomic E-state index is 0.402. The van der Waals surface area contributed by atoms with E-state index in [1.807, 2.05) is 48.5 Å². The monoisotopic (exact) mass is 1140 g/mol. The third-order valence-electron chi connectivity index (χ3n) is 17.8. The summed E-state index contributed by atoms with van der Waals surface area (Å²) in [6.45, 7) is 0. The molecule has 5 heterocycles. The second-order valence-corrected chi connectivity index (χ2v) is 24.4. The molecule has 18 aromatic rings. The predicted molar refractivity (Wildman–Crippen MR) is 365 cm³/mol. The number of thiophene rings is 2. The highest BCUT2D eigenvalue weighted by Gasteiger charge is 2.33. The molecule has 5 aromatic heterocycles. The van der Waals surface area contributed by atoms with Crippen molar-refractivity contribution in [1.82, 2.24) is 9.13 Å². The first-order chi connectivity index (χ1) is 43.1. The summed E-state index contributed by atoms with van der Waals surface area (Å²) >= 11 is 3.60.